The maximum absolute atomic E-state index is 14.4. The van der Waals surface area contributed by atoms with Crippen LogP contribution in [-0.4, -0.2) is 30.4 Å². The number of nitrogens with zero attached hydrogens (tertiary/aromatic N) is 3. The fourth-order valence-electron chi connectivity index (χ4n) is 3.88. The minimum Gasteiger partial charge on any atom is -0.352 e. The molecule has 0 saturated carbocycles. The second-order valence-corrected chi connectivity index (χ2v) is 7.13. The van der Waals surface area contributed by atoms with Gasteiger partial charge in [0.15, 0.2) is 0 Å². The molecule has 0 atom stereocenters. The number of pyridine rings is 1. The Kier molecular flexibility index (Phi) is 3.55. The lowest BCUT2D eigenvalue weighted by atomic mass is 10.0. The highest BCUT2D eigenvalue weighted by Crippen LogP contribution is 2.35. The molecular weight excluding hydrogens is 379 g/mol. The number of aromatic amines is 3. The lowest BCUT2D eigenvalue weighted by Crippen LogP contribution is -1.85. The number of hydrogen-bond acceptors (Lipinski definition) is 3. The molecule has 2 aromatic carbocycles. The fraction of sp³-hybridized carbons (Fsp3) is 0. The van der Waals surface area contributed by atoms with Crippen LogP contribution < -0.4 is 0 Å². The molecule has 6 nitrogen and oxygen atoms in total. The number of halogens is 1. The maximum atomic E-state index is 14.4. The van der Waals surface area contributed by atoms with Crippen molar-refractivity contribution in [3.8, 4) is 33.6 Å². The van der Waals surface area contributed by atoms with Gasteiger partial charge in [-0.15, -0.1) is 0 Å². The summed E-state index contributed by atoms with van der Waals surface area (Å²) in [4.78, 5) is 7.69. The van der Waals surface area contributed by atoms with Crippen molar-refractivity contribution in [2.75, 3.05) is 0 Å². The highest BCUT2D eigenvalue weighted by Gasteiger charge is 2.16. The van der Waals surface area contributed by atoms with Gasteiger partial charge in [-0.1, -0.05) is 24.3 Å². The zero-order valence-corrected chi connectivity index (χ0v) is 15.6. The van der Waals surface area contributed by atoms with Gasteiger partial charge in [0.1, 0.15) is 11.5 Å². The summed E-state index contributed by atoms with van der Waals surface area (Å²) < 4.78 is 14.4. The van der Waals surface area contributed by atoms with Crippen LogP contribution in [0.4, 0.5) is 4.39 Å². The van der Waals surface area contributed by atoms with Gasteiger partial charge in [-0.05, 0) is 29.8 Å². The fourth-order valence-corrected chi connectivity index (χ4v) is 3.88. The van der Waals surface area contributed by atoms with E-state index in [1.165, 1.54) is 6.07 Å². The Balaban J connectivity index is 1.54. The number of benzene rings is 2. The van der Waals surface area contributed by atoms with Crippen LogP contribution >= 0.6 is 0 Å². The number of rotatable bonds is 3. The summed E-state index contributed by atoms with van der Waals surface area (Å²) in [7, 11) is 0. The Morgan fingerprint density at radius 1 is 0.800 bits per heavy atom. The standard InChI is InChI=1S/C23H15FN6/c24-19-4-2-1-3-15(19)18-11-25-12-22-16(18)8-21(28-22)23-17-7-13(14-9-26-27-10-14)5-6-20(17)29-30-23/h1-12,28H,(H,26,27)(H,29,30). The molecule has 0 aliphatic rings. The maximum Gasteiger partial charge on any atom is 0.131 e. The minimum atomic E-state index is -0.274. The van der Waals surface area contributed by atoms with Crippen LogP contribution in [-0.2, 0) is 0 Å². The summed E-state index contributed by atoms with van der Waals surface area (Å²) in [5.41, 5.74) is 6.71. The van der Waals surface area contributed by atoms with Gasteiger partial charge in [0, 0.05) is 39.9 Å². The minimum absolute atomic E-state index is 0.274. The van der Waals surface area contributed by atoms with Crippen molar-refractivity contribution < 1.29 is 4.39 Å². The Bertz CT molecular complexity index is 1510. The summed E-state index contributed by atoms with van der Waals surface area (Å²) >= 11 is 0. The number of H-pyrrole nitrogens is 3. The summed E-state index contributed by atoms with van der Waals surface area (Å²) in [5, 5.41) is 16.4. The van der Waals surface area contributed by atoms with E-state index in [1.807, 2.05) is 30.5 Å². The third kappa shape index (κ3) is 2.52. The average molecular weight is 394 g/mol. The summed E-state index contributed by atoms with van der Waals surface area (Å²) in [6.45, 7) is 0. The van der Waals surface area contributed by atoms with Gasteiger partial charge in [0.2, 0.25) is 0 Å². The van der Waals surface area contributed by atoms with Crippen molar-refractivity contribution in [1.29, 1.82) is 0 Å². The van der Waals surface area contributed by atoms with E-state index in [4.69, 9.17) is 0 Å². The summed E-state index contributed by atoms with van der Waals surface area (Å²) in [6.07, 6.45) is 7.08. The Morgan fingerprint density at radius 3 is 2.60 bits per heavy atom. The van der Waals surface area contributed by atoms with Crippen molar-refractivity contribution in [3.63, 3.8) is 0 Å². The van der Waals surface area contributed by atoms with Crippen LogP contribution in [0.15, 0.2) is 73.3 Å². The molecule has 30 heavy (non-hydrogen) atoms. The van der Waals surface area contributed by atoms with E-state index in [-0.39, 0.29) is 5.82 Å². The van der Waals surface area contributed by atoms with Crippen molar-refractivity contribution in [3.05, 3.63) is 79.1 Å². The SMILES string of the molecule is Fc1ccccc1-c1cncc2[nH]c(-c3n[nH]c4ccc(-c5cn[nH]c5)cc34)cc12. The van der Waals surface area contributed by atoms with Crippen LogP contribution in [0, 0.1) is 5.82 Å². The molecule has 0 saturated heterocycles. The monoisotopic (exact) mass is 394 g/mol. The Labute approximate surface area is 169 Å². The summed E-state index contributed by atoms with van der Waals surface area (Å²) in [5.74, 6) is -0.274. The molecule has 6 aromatic rings. The molecule has 0 aliphatic heterocycles. The molecule has 4 heterocycles. The molecule has 144 valence electrons. The lowest BCUT2D eigenvalue weighted by Gasteiger charge is -2.03. The van der Waals surface area contributed by atoms with Gasteiger partial charge in [-0.2, -0.15) is 10.2 Å². The number of nitrogens with one attached hydrogen (secondary N) is 3. The van der Waals surface area contributed by atoms with Gasteiger partial charge in [0.25, 0.3) is 0 Å². The average Bonchev–Trinajstić information content (AvgIpc) is 3.51. The molecule has 6 rings (SSSR count). The van der Waals surface area contributed by atoms with Crippen LogP contribution in [0.1, 0.15) is 0 Å². The first-order valence-electron chi connectivity index (χ1n) is 9.47. The molecule has 0 aliphatic carbocycles. The lowest BCUT2D eigenvalue weighted by molar-refractivity contribution is 0.631. The van der Waals surface area contributed by atoms with E-state index in [0.717, 1.165) is 49.9 Å². The van der Waals surface area contributed by atoms with Crippen molar-refractivity contribution in [2.45, 2.75) is 0 Å². The highest BCUT2D eigenvalue weighted by atomic mass is 19.1. The van der Waals surface area contributed by atoms with Crippen molar-refractivity contribution in [2.24, 2.45) is 0 Å². The second-order valence-electron chi connectivity index (χ2n) is 7.13. The molecule has 0 bridgehead atoms. The molecule has 4 aromatic heterocycles. The molecule has 0 amide bonds. The first kappa shape index (κ1) is 16.7. The van der Waals surface area contributed by atoms with Crippen molar-refractivity contribution >= 4 is 21.8 Å². The number of aromatic nitrogens is 6. The van der Waals surface area contributed by atoms with Gasteiger partial charge >= 0.3 is 0 Å². The molecule has 0 spiro atoms. The van der Waals surface area contributed by atoms with E-state index in [2.05, 4.69) is 36.4 Å². The van der Waals surface area contributed by atoms with Crippen LogP contribution in [0.2, 0.25) is 0 Å². The highest BCUT2D eigenvalue weighted by molar-refractivity contribution is 6.01. The second kappa shape index (κ2) is 6.38. The summed E-state index contributed by atoms with van der Waals surface area (Å²) in [6, 6.07) is 14.8. The predicted molar refractivity (Wildman–Crippen MR) is 114 cm³/mol. The third-order valence-electron chi connectivity index (χ3n) is 5.36. The first-order chi connectivity index (χ1) is 14.8. The molecule has 3 N–H and O–H groups in total. The van der Waals surface area contributed by atoms with Gasteiger partial charge < -0.3 is 4.98 Å². The van der Waals surface area contributed by atoms with Crippen molar-refractivity contribution in [1.82, 2.24) is 30.4 Å². The van der Waals surface area contributed by atoms with Gasteiger partial charge in [0.05, 0.1) is 29.1 Å². The van der Waals surface area contributed by atoms with E-state index in [0.29, 0.717) is 5.56 Å². The largest absolute Gasteiger partial charge is 0.352 e. The first-order valence-corrected chi connectivity index (χ1v) is 9.47. The van der Waals surface area contributed by atoms with Gasteiger partial charge in [-0.25, -0.2) is 4.39 Å². The van der Waals surface area contributed by atoms with Gasteiger partial charge in [-0.3, -0.25) is 15.2 Å². The molecule has 0 fully saturated rings. The third-order valence-corrected chi connectivity index (χ3v) is 5.36. The van der Waals surface area contributed by atoms with Crippen LogP contribution in [0.5, 0.6) is 0 Å². The quantitative estimate of drug-likeness (QED) is 0.381. The topological polar surface area (TPSA) is 86.0 Å². The zero-order chi connectivity index (χ0) is 20.1. The Hall–Kier alpha value is -4.26. The van der Waals surface area contributed by atoms with Crippen LogP contribution in [0.25, 0.3) is 55.4 Å². The van der Waals surface area contributed by atoms with E-state index in [1.54, 1.807) is 30.7 Å². The number of fused-ring (bicyclic) bond motifs is 2. The molecule has 0 unspecified atom stereocenters. The normalized spacial score (nSPS) is 11.5. The molecule has 0 radical (unpaired) electrons. The molecule has 7 heteroatoms. The predicted octanol–water partition coefficient (Wildman–Crippen LogP) is 5.30. The zero-order valence-electron chi connectivity index (χ0n) is 15.6. The molecular formula is C23H15FN6. The van der Waals surface area contributed by atoms with E-state index >= 15 is 0 Å². The smallest absolute Gasteiger partial charge is 0.131 e. The van der Waals surface area contributed by atoms with Crippen LogP contribution in [0.3, 0.4) is 0 Å². The van der Waals surface area contributed by atoms with E-state index in [9.17, 15) is 4.39 Å². The van der Waals surface area contributed by atoms with E-state index < -0.39 is 0 Å². The Morgan fingerprint density at radius 2 is 1.73 bits per heavy atom. The number of hydrogen-bond donors (Lipinski definition) is 3.